The first-order valence-electron chi connectivity index (χ1n) is 6.41. The van der Waals surface area contributed by atoms with Crippen LogP contribution in [-0.4, -0.2) is 38.2 Å². The number of halogens is 1. The van der Waals surface area contributed by atoms with Crippen LogP contribution in [-0.2, 0) is 14.3 Å². The summed E-state index contributed by atoms with van der Waals surface area (Å²) in [5.41, 5.74) is 5.75. The van der Waals surface area contributed by atoms with Crippen LogP contribution >= 0.6 is 11.6 Å². The van der Waals surface area contributed by atoms with Crippen LogP contribution in [0.5, 0.6) is 0 Å². The largest absolute Gasteiger partial charge is 0.465 e. The van der Waals surface area contributed by atoms with Crippen LogP contribution < -0.4 is 11.1 Å². The number of esters is 1. The van der Waals surface area contributed by atoms with Gasteiger partial charge in [-0.25, -0.2) is 4.79 Å². The molecule has 1 aromatic rings. The van der Waals surface area contributed by atoms with Gasteiger partial charge in [0, 0.05) is 11.7 Å². The van der Waals surface area contributed by atoms with Crippen LogP contribution in [0.1, 0.15) is 17.3 Å². The summed E-state index contributed by atoms with van der Waals surface area (Å²) in [6, 6.07) is 4.23. The van der Waals surface area contributed by atoms with E-state index in [1.807, 2.05) is 0 Å². The van der Waals surface area contributed by atoms with Crippen molar-refractivity contribution in [3.8, 4) is 0 Å². The van der Waals surface area contributed by atoms with Gasteiger partial charge in [-0.05, 0) is 25.1 Å². The summed E-state index contributed by atoms with van der Waals surface area (Å²) < 4.78 is 9.89. The summed E-state index contributed by atoms with van der Waals surface area (Å²) in [6.45, 7) is 2.35. The SMILES string of the molecule is COC(=O)c1cc(NC(=O)C2(C)COCC2N)ccc1Cl. The Hall–Kier alpha value is -1.63. The van der Waals surface area contributed by atoms with Crippen molar-refractivity contribution >= 4 is 29.2 Å². The zero-order valence-corrected chi connectivity index (χ0v) is 12.6. The first kappa shape index (κ1) is 15.8. The molecule has 0 bridgehead atoms. The summed E-state index contributed by atoms with van der Waals surface area (Å²) in [6.07, 6.45) is 0. The number of anilines is 1. The van der Waals surface area contributed by atoms with E-state index in [4.69, 9.17) is 22.1 Å². The standard InChI is InChI=1S/C14H17ClN2O4/c1-14(7-21-6-11(14)16)13(19)17-8-3-4-10(15)9(5-8)12(18)20-2/h3-5,11H,6-7,16H2,1-2H3,(H,17,19). The number of hydrogen-bond donors (Lipinski definition) is 2. The Balaban J connectivity index is 2.20. The molecule has 2 atom stereocenters. The quantitative estimate of drug-likeness (QED) is 0.824. The molecule has 1 fully saturated rings. The molecule has 114 valence electrons. The van der Waals surface area contributed by atoms with Gasteiger partial charge in [-0.3, -0.25) is 4.79 Å². The molecule has 21 heavy (non-hydrogen) atoms. The Morgan fingerprint density at radius 2 is 2.24 bits per heavy atom. The predicted octanol–water partition coefficient (Wildman–Crippen LogP) is 1.43. The van der Waals surface area contributed by atoms with Crippen molar-refractivity contribution in [2.75, 3.05) is 25.6 Å². The Labute approximate surface area is 127 Å². The highest BCUT2D eigenvalue weighted by molar-refractivity contribution is 6.33. The van der Waals surface area contributed by atoms with E-state index < -0.39 is 11.4 Å². The third-order valence-electron chi connectivity index (χ3n) is 3.67. The first-order valence-corrected chi connectivity index (χ1v) is 6.79. The summed E-state index contributed by atoms with van der Waals surface area (Å²) >= 11 is 5.93. The average molecular weight is 313 g/mol. The number of nitrogens with one attached hydrogen (secondary N) is 1. The Bertz CT molecular complexity index is 578. The number of benzene rings is 1. The zero-order chi connectivity index (χ0) is 15.6. The number of carbonyl (C=O) groups excluding carboxylic acids is 2. The molecule has 6 nitrogen and oxygen atoms in total. The van der Waals surface area contributed by atoms with Gasteiger partial charge in [-0.15, -0.1) is 0 Å². The molecule has 1 aliphatic heterocycles. The van der Waals surface area contributed by atoms with Crippen LogP contribution in [0.2, 0.25) is 5.02 Å². The average Bonchev–Trinajstić information content (AvgIpc) is 2.81. The Kier molecular flexibility index (Phi) is 4.51. The van der Waals surface area contributed by atoms with E-state index in [9.17, 15) is 9.59 Å². The van der Waals surface area contributed by atoms with E-state index in [1.165, 1.54) is 19.2 Å². The predicted molar refractivity (Wildman–Crippen MR) is 78.3 cm³/mol. The molecule has 3 N–H and O–H groups in total. The number of nitrogens with two attached hydrogens (primary N) is 1. The highest BCUT2D eigenvalue weighted by atomic mass is 35.5. The van der Waals surface area contributed by atoms with Gasteiger partial charge in [0.05, 0.1) is 36.3 Å². The molecule has 7 heteroatoms. The highest BCUT2D eigenvalue weighted by Gasteiger charge is 2.44. The normalized spacial score (nSPS) is 24.7. The van der Waals surface area contributed by atoms with E-state index in [2.05, 4.69) is 10.1 Å². The molecule has 0 spiro atoms. The van der Waals surface area contributed by atoms with E-state index in [0.717, 1.165) is 0 Å². The number of hydrogen-bond acceptors (Lipinski definition) is 5. The van der Waals surface area contributed by atoms with Crippen molar-refractivity contribution < 1.29 is 19.1 Å². The smallest absolute Gasteiger partial charge is 0.339 e. The number of methoxy groups -OCH3 is 1. The van der Waals surface area contributed by atoms with Gasteiger partial charge in [-0.2, -0.15) is 0 Å². The third kappa shape index (κ3) is 3.02. The minimum Gasteiger partial charge on any atom is -0.465 e. The summed E-state index contributed by atoms with van der Waals surface area (Å²) in [5.74, 6) is -0.825. The molecule has 0 aromatic heterocycles. The zero-order valence-electron chi connectivity index (χ0n) is 11.8. The molecule has 1 aromatic carbocycles. The lowest BCUT2D eigenvalue weighted by Gasteiger charge is -2.25. The second kappa shape index (κ2) is 6.01. The lowest BCUT2D eigenvalue weighted by molar-refractivity contribution is -0.125. The molecule has 1 heterocycles. The van der Waals surface area contributed by atoms with Crippen LogP contribution in [0.15, 0.2) is 18.2 Å². The van der Waals surface area contributed by atoms with Gasteiger partial charge in [-0.1, -0.05) is 11.6 Å². The van der Waals surface area contributed by atoms with Gasteiger partial charge in [0.15, 0.2) is 0 Å². The Morgan fingerprint density at radius 1 is 1.52 bits per heavy atom. The van der Waals surface area contributed by atoms with Crippen molar-refractivity contribution in [3.63, 3.8) is 0 Å². The fourth-order valence-corrected chi connectivity index (χ4v) is 2.26. The maximum atomic E-state index is 12.4. The second-order valence-corrected chi connectivity index (χ2v) is 5.59. The maximum Gasteiger partial charge on any atom is 0.339 e. The molecular weight excluding hydrogens is 296 g/mol. The highest BCUT2D eigenvalue weighted by Crippen LogP contribution is 2.29. The van der Waals surface area contributed by atoms with Crippen molar-refractivity contribution in [3.05, 3.63) is 28.8 Å². The summed E-state index contributed by atoms with van der Waals surface area (Å²) in [4.78, 5) is 23.9. The first-order chi connectivity index (χ1) is 9.88. The van der Waals surface area contributed by atoms with Crippen molar-refractivity contribution in [1.29, 1.82) is 0 Å². The van der Waals surface area contributed by atoms with Gasteiger partial charge >= 0.3 is 5.97 Å². The van der Waals surface area contributed by atoms with Crippen LogP contribution in [0, 0.1) is 5.41 Å². The van der Waals surface area contributed by atoms with Gasteiger partial charge in [0.1, 0.15) is 0 Å². The topological polar surface area (TPSA) is 90.6 Å². The van der Waals surface area contributed by atoms with E-state index in [-0.39, 0.29) is 29.1 Å². The number of ether oxygens (including phenoxy) is 2. The van der Waals surface area contributed by atoms with Crippen molar-refractivity contribution in [2.24, 2.45) is 11.1 Å². The molecule has 0 saturated carbocycles. The van der Waals surface area contributed by atoms with E-state index in [1.54, 1.807) is 13.0 Å². The molecule has 0 radical (unpaired) electrons. The third-order valence-corrected chi connectivity index (χ3v) is 4.00. The van der Waals surface area contributed by atoms with Crippen LogP contribution in [0.3, 0.4) is 0 Å². The van der Waals surface area contributed by atoms with Gasteiger partial charge in [0.2, 0.25) is 5.91 Å². The second-order valence-electron chi connectivity index (χ2n) is 5.18. The van der Waals surface area contributed by atoms with Gasteiger partial charge in [0.25, 0.3) is 0 Å². The number of rotatable bonds is 3. The van der Waals surface area contributed by atoms with E-state index >= 15 is 0 Å². The van der Waals surface area contributed by atoms with E-state index in [0.29, 0.717) is 12.3 Å². The molecule has 1 amide bonds. The molecule has 2 rings (SSSR count). The van der Waals surface area contributed by atoms with Gasteiger partial charge < -0.3 is 20.5 Å². The molecule has 2 unspecified atom stereocenters. The van der Waals surface area contributed by atoms with Crippen LogP contribution in [0.25, 0.3) is 0 Å². The summed E-state index contributed by atoms with van der Waals surface area (Å²) in [7, 11) is 1.26. The van der Waals surface area contributed by atoms with Crippen molar-refractivity contribution in [2.45, 2.75) is 13.0 Å². The van der Waals surface area contributed by atoms with Crippen LogP contribution in [0.4, 0.5) is 5.69 Å². The molecule has 1 aliphatic rings. The summed E-state index contributed by atoms with van der Waals surface area (Å²) in [5, 5.41) is 2.99. The Morgan fingerprint density at radius 3 is 2.81 bits per heavy atom. The fraction of sp³-hybridized carbons (Fsp3) is 0.429. The minimum absolute atomic E-state index is 0.189. The molecular formula is C14H17ClN2O4. The molecule has 0 aliphatic carbocycles. The molecule has 1 saturated heterocycles. The fourth-order valence-electron chi connectivity index (χ4n) is 2.07. The number of carbonyl (C=O) groups is 2. The van der Waals surface area contributed by atoms with Crippen molar-refractivity contribution in [1.82, 2.24) is 0 Å². The lowest BCUT2D eigenvalue weighted by atomic mass is 9.85. The number of amides is 1. The lowest BCUT2D eigenvalue weighted by Crippen LogP contribution is -2.47. The minimum atomic E-state index is -0.801. The maximum absolute atomic E-state index is 12.4. The monoisotopic (exact) mass is 312 g/mol.